The smallest absolute Gasteiger partial charge is 0.165 e. The first-order valence-corrected chi connectivity index (χ1v) is 10.3. The van der Waals surface area contributed by atoms with Crippen molar-refractivity contribution in [3.63, 3.8) is 0 Å². The average molecular weight is 408 g/mol. The van der Waals surface area contributed by atoms with Crippen LogP contribution < -0.4 is 10.1 Å². The zero-order valence-electron chi connectivity index (χ0n) is 15.8. The van der Waals surface area contributed by atoms with E-state index in [-0.39, 0.29) is 30.3 Å². The largest absolute Gasteiger partial charge is 0.484 e. The monoisotopic (exact) mass is 408 g/mol. The molecule has 2 aromatic carbocycles. The number of hydrogen-bond acceptors (Lipinski definition) is 4. The highest BCUT2D eigenvalue weighted by atomic mass is 32.2. The van der Waals surface area contributed by atoms with Crippen molar-refractivity contribution < 1.29 is 17.9 Å². The van der Waals surface area contributed by atoms with Gasteiger partial charge in [-0.25, -0.2) is 13.2 Å². The fourth-order valence-electron chi connectivity index (χ4n) is 3.12. The predicted octanol–water partition coefficient (Wildman–Crippen LogP) is 5.45. The van der Waals surface area contributed by atoms with Crippen LogP contribution in [0.1, 0.15) is 25.8 Å². The number of nitrogens with one attached hydrogen (secondary N) is 1. The van der Waals surface area contributed by atoms with E-state index in [1.807, 2.05) is 13.8 Å². The van der Waals surface area contributed by atoms with Crippen LogP contribution in [-0.4, -0.2) is 29.5 Å². The van der Waals surface area contributed by atoms with E-state index >= 15 is 0 Å². The van der Waals surface area contributed by atoms with Gasteiger partial charge >= 0.3 is 0 Å². The van der Waals surface area contributed by atoms with Crippen LogP contribution in [0.25, 0.3) is 0 Å². The quantitative estimate of drug-likeness (QED) is 0.631. The first-order chi connectivity index (χ1) is 13.4. The summed E-state index contributed by atoms with van der Waals surface area (Å²) in [6.07, 6.45) is 1.61. The first kappa shape index (κ1) is 20.6. The lowest BCUT2D eigenvalue weighted by molar-refractivity contribution is 0.352. The molecule has 0 radical (unpaired) electrons. The minimum absolute atomic E-state index is 0.0992. The van der Waals surface area contributed by atoms with Crippen LogP contribution in [0.4, 0.5) is 18.9 Å². The Balaban J connectivity index is 1.54. The molecule has 0 aliphatic carbocycles. The summed E-state index contributed by atoms with van der Waals surface area (Å²) in [5.74, 6) is -0.703. The number of hydrogen-bond donors (Lipinski definition) is 1. The van der Waals surface area contributed by atoms with Gasteiger partial charge < -0.3 is 10.1 Å². The number of rotatable bonds is 8. The SMILES string of the molecule is CCc1ccc(F)cc1NC(C)CC1CSC(COc2cc(F)ccc2F)=N1. The molecule has 1 aliphatic heterocycles. The molecular formula is C21H23F3N2OS. The van der Waals surface area contributed by atoms with Crippen LogP contribution in [0.5, 0.6) is 5.75 Å². The van der Waals surface area contributed by atoms with E-state index in [9.17, 15) is 13.2 Å². The number of thioether (sulfide) groups is 1. The lowest BCUT2D eigenvalue weighted by Crippen LogP contribution is -2.22. The summed E-state index contributed by atoms with van der Waals surface area (Å²) < 4.78 is 45.7. The molecule has 2 aromatic rings. The van der Waals surface area contributed by atoms with E-state index in [0.717, 1.165) is 53.1 Å². The predicted molar refractivity (Wildman–Crippen MR) is 109 cm³/mol. The third kappa shape index (κ3) is 5.44. The van der Waals surface area contributed by atoms with Gasteiger partial charge in [0, 0.05) is 23.5 Å². The molecular weight excluding hydrogens is 385 g/mol. The third-order valence-corrected chi connectivity index (χ3v) is 5.60. The average Bonchev–Trinajstić information content (AvgIpc) is 3.10. The Kier molecular flexibility index (Phi) is 6.88. The van der Waals surface area contributed by atoms with Gasteiger partial charge in [0.2, 0.25) is 0 Å². The van der Waals surface area contributed by atoms with Crippen molar-refractivity contribution in [1.29, 1.82) is 0 Å². The summed E-state index contributed by atoms with van der Waals surface area (Å²) in [6.45, 7) is 4.20. The van der Waals surface area contributed by atoms with Crippen molar-refractivity contribution in [3.8, 4) is 5.75 Å². The van der Waals surface area contributed by atoms with E-state index < -0.39 is 11.6 Å². The minimum Gasteiger partial charge on any atom is -0.484 e. The minimum atomic E-state index is -0.596. The molecule has 28 heavy (non-hydrogen) atoms. The van der Waals surface area contributed by atoms with Gasteiger partial charge in [0.15, 0.2) is 11.6 Å². The van der Waals surface area contributed by atoms with Crippen molar-refractivity contribution in [2.24, 2.45) is 4.99 Å². The van der Waals surface area contributed by atoms with Crippen molar-refractivity contribution in [1.82, 2.24) is 0 Å². The van der Waals surface area contributed by atoms with Crippen molar-refractivity contribution in [2.45, 2.75) is 38.8 Å². The second-order valence-corrected chi connectivity index (χ2v) is 7.88. The molecule has 150 valence electrons. The van der Waals surface area contributed by atoms with Crippen LogP contribution >= 0.6 is 11.8 Å². The maximum Gasteiger partial charge on any atom is 0.165 e. The number of anilines is 1. The van der Waals surface area contributed by atoms with E-state index in [1.165, 1.54) is 12.1 Å². The van der Waals surface area contributed by atoms with Gasteiger partial charge in [-0.05, 0) is 49.6 Å². The lowest BCUT2D eigenvalue weighted by atomic mass is 10.1. The molecule has 7 heteroatoms. The maximum absolute atomic E-state index is 13.6. The number of benzene rings is 2. The van der Waals surface area contributed by atoms with Crippen LogP contribution in [0.15, 0.2) is 41.4 Å². The number of nitrogens with zero attached hydrogens (tertiary/aromatic N) is 1. The number of ether oxygens (including phenoxy) is 1. The molecule has 1 aliphatic rings. The molecule has 3 rings (SSSR count). The number of aliphatic imine (C=N–C) groups is 1. The van der Waals surface area contributed by atoms with Crippen molar-refractivity contribution in [3.05, 3.63) is 59.4 Å². The fourth-order valence-corrected chi connectivity index (χ4v) is 4.08. The van der Waals surface area contributed by atoms with Gasteiger partial charge in [0.1, 0.15) is 23.3 Å². The van der Waals surface area contributed by atoms with Gasteiger partial charge in [-0.2, -0.15) is 0 Å². The summed E-state index contributed by atoms with van der Waals surface area (Å²) in [5, 5.41) is 4.14. The fraction of sp³-hybridized carbons (Fsp3) is 0.381. The molecule has 2 atom stereocenters. The van der Waals surface area contributed by atoms with Gasteiger partial charge in [0.25, 0.3) is 0 Å². The standard InChI is InChI=1S/C21H23F3N2OS/c1-3-14-4-5-15(22)9-19(14)25-13(2)8-17-12-28-21(26-17)11-27-20-10-16(23)6-7-18(20)24/h4-7,9-10,13,17,25H,3,8,11-12H2,1-2H3. The molecule has 1 N–H and O–H groups in total. The highest BCUT2D eigenvalue weighted by Crippen LogP contribution is 2.25. The molecule has 0 saturated carbocycles. The molecule has 3 nitrogen and oxygen atoms in total. The molecule has 0 bridgehead atoms. The molecule has 0 amide bonds. The van der Waals surface area contributed by atoms with Crippen LogP contribution in [0.3, 0.4) is 0 Å². The highest BCUT2D eigenvalue weighted by Gasteiger charge is 2.21. The van der Waals surface area contributed by atoms with Crippen molar-refractivity contribution >= 4 is 22.5 Å². The van der Waals surface area contributed by atoms with E-state index in [4.69, 9.17) is 4.74 Å². The van der Waals surface area contributed by atoms with Crippen LogP contribution in [0, 0.1) is 17.5 Å². The summed E-state index contributed by atoms with van der Waals surface area (Å²) in [7, 11) is 0. The molecule has 0 aromatic heterocycles. The molecule has 0 saturated heterocycles. The molecule has 0 fully saturated rings. The highest BCUT2D eigenvalue weighted by molar-refractivity contribution is 8.14. The Labute approximate surface area is 167 Å². The zero-order valence-corrected chi connectivity index (χ0v) is 16.7. The normalized spacial score (nSPS) is 17.3. The maximum atomic E-state index is 13.6. The van der Waals surface area contributed by atoms with Crippen LogP contribution in [-0.2, 0) is 6.42 Å². The summed E-state index contributed by atoms with van der Waals surface area (Å²) in [4.78, 5) is 4.62. The Bertz CT molecular complexity index is 860. The van der Waals surface area contributed by atoms with Gasteiger partial charge in [-0.1, -0.05) is 13.0 Å². The number of aryl methyl sites for hydroxylation is 1. The first-order valence-electron chi connectivity index (χ1n) is 9.27. The van der Waals surface area contributed by atoms with E-state index in [1.54, 1.807) is 17.8 Å². The molecule has 1 heterocycles. The summed E-state index contributed by atoms with van der Waals surface area (Å²) >= 11 is 1.56. The topological polar surface area (TPSA) is 33.6 Å². The lowest BCUT2D eigenvalue weighted by Gasteiger charge is -2.19. The summed E-state index contributed by atoms with van der Waals surface area (Å²) in [6, 6.07) is 8.13. The zero-order chi connectivity index (χ0) is 20.1. The van der Waals surface area contributed by atoms with Gasteiger partial charge in [0.05, 0.1) is 6.04 Å². The van der Waals surface area contributed by atoms with E-state index in [0.29, 0.717) is 0 Å². The van der Waals surface area contributed by atoms with Crippen LogP contribution in [0.2, 0.25) is 0 Å². The van der Waals surface area contributed by atoms with Gasteiger partial charge in [-0.15, -0.1) is 11.8 Å². The van der Waals surface area contributed by atoms with Crippen molar-refractivity contribution in [2.75, 3.05) is 17.7 Å². The molecule has 0 spiro atoms. The second kappa shape index (κ2) is 9.37. The Morgan fingerprint density at radius 1 is 1.18 bits per heavy atom. The Hall–Kier alpha value is -2.15. The Morgan fingerprint density at radius 3 is 2.71 bits per heavy atom. The molecule has 2 unspecified atom stereocenters. The Morgan fingerprint density at radius 2 is 1.93 bits per heavy atom. The second-order valence-electron chi connectivity index (χ2n) is 6.79. The number of halogens is 3. The van der Waals surface area contributed by atoms with Gasteiger partial charge in [-0.3, -0.25) is 4.99 Å². The van der Waals surface area contributed by atoms with E-state index in [2.05, 4.69) is 10.3 Å². The summed E-state index contributed by atoms with van der Waals surface area (Å²) in [5.41, 5.74) is 1.89. The third-order valence-electron chi connectivity index (χ3n) is 4.49.